The maximum atomic E-state index is 3.99. The minimum absolute atomic E-state index is 0.0789. The zero-order valence-corrected chi connectivity index (χ0v) is 16.5. The molecule has 0 atom stereocenters. The molecule has 0 N–H and O–H groups in total. The standard InChI is InChI=1S/C24H32/c1-9-13-19-17(2)16-20(23(3,4)5)21(22(19)24(6,7)8)18-14-11-10-12-15-18/h9-12,14-16H,1,13H2,2-8H3. The van der Waals surface area contributed by atoms with E-state index in [9.17, 15) is 0 Å². The van der Waals surface area contributed by atoms with Crippen molar-refractivity contribution in [1.82, 2.24) is 0 Å². The summed E-state index contributed by atoms with van der Waals surface area (Å²) < 4.78 is 0. The molecule has 0 spiro atoms. The lowest BCUT2D eigenvalue weighted by molar-refractivity contribution is 0.566. The summed E-state index contributed by atoms with van der Waals surface area (Å²) in [6.45, 7) is 20.2. The van der Waals surface area contributed by atoms with Crippen LogP contribution in [0.5, 0.6) is 0 Å². The lowest BCUT2D eigenvalue weighted by Gasteiger charge is -2.34. The van der Waals surface area contributed by atoms with Crippen LogP contribution in [0.2, 0.25) is 0 Å². The normalized spacial score (nSPS) is 12.3. The Morgan fingerprint density at radius 3 is 1.96 bits per heavy atom. The van der Waals surface area contributed by atoms with Crippen LogP contribution in [0.1, 0.15) is 63.8 Å². The Kier molecular flexibility index (Phi) is 5.08. The van der Waals surface area contributed by atoms with Gasteiger partial charge in [-0.15, -0.1) is 6.58 Å². The third kappa shape index (κ3) is 3.64. The molecule has 0 radical (unpaired) electrons. The van der Waals surface area contributed by atoms with Gasteiger partial charge in [0.05, 0.1) is 0 Å². The highest BCUT2D eigenvalue weighted by Crippen LogP contribution is 2.43. The van der Waals surface area contributed by atoms with Crippen LogP contribution in [0, 0.1) is 6.92 Å². The van der Waals surface area contributed by atoms with E-state index in [0.29, 0.717) is 0 Å². The molecule has 128 valence electrons. The molecule has 2 aromatic carbocycles. The molecule has 0 aliphatic heterocycles. The second kappa shape index (κ2) is 6.59. The van der Waals surface area contributed by atoms with Crippen molar-refractivity contribution in [2.75, 3.05) is 0 Å². The highest BCUT2D eigenvalue weighted by Gasteiger charge is 2.29. The van der Waals surface area contributed by atoms with Gasteiger partial charge in [-0.3, -0.25) is 0 Å². The zero-order valence-electron chi connectivity index (χ0n) is 16.5. The van der Waals surface area contributed by atoms with E-state index in [2.05, 4.69) is 91.4 Å². The molecule has 0 aromatic heterocycles. The van der Waals surface area contributed by atoms with E-state index in [1.54, 1.807) is 0 Å². The summed E-state index contributed by atoms with van der Waals surface area (Å²) in [6.07, 6.45) is 2.95. The zero-order chi connectivity index (χ0) is 18.1. The summed E-state index contributed by atoms with van der Waals surface area (Å²) in [4.78, 5) is 0. The molecular formula is C24H32. The van der Waals surface area contributed by atoms with Crippen LogP contribution in [0.15, 0.2) is 49.1 Å². The van der Waals surface area contributed by atoms with Gasteiger partial charge in [0.1, 0.15) is 0 Å². The number of rotatable bonds is 3. The van der Waals surface area contributed by atoms with Gasteiger partial charge in [-0.2, -0.15) is 0 Å². The second-order valence-electron chi connectivity index (χ2n) is 8.83. The summed E-state index contributed by atoms with van der Waals surface area (Å²) in [6, 6.07) is 13.3. The lowest BCUT2D eigenvalue weighted by atomic mass is 9.71. The molecule has 0 unspecified atom stereocenters. The van der Waals surface area contributed by atoms with Gasteiger partial charge in [-0.05, 0) is 57.6 Å². The summed E-state index contributed by atoms with van der Waals surface area (Å²) in [5, 5.41) is 0. The monoisotopic (exact) mass is 320 g/mol. The topological polar surface area (TPSA) is 0 Å². The SMILES string of the molecule is C=CCc1c(C)cc(C(C)(C)C)c(-c2ccccc2)c1C(C)(C)C. The van der Waals surface area contributed by atoms with Crippen LogP contribution < -0.4 is 0 Å². The first-order valence-electron chi connectivity index (χ1n) is 8.91. The predicted molar refractivity (Wildman–Crippen MR) is 108 cm³/mol. The molecular weight excluding hydrogens is 288 g/mol. The molecule has 0 saturated heterocycles. The van der Waals surface area contributed by atoms with Gasteiger partial charge in [0.15, 0.2) is 0 Å². The highest BCUT2D eigenvalue weighted by atomic mass is 14.3. The first kappa shape index (κ1) is 18.5. The fraction of sp³-hybridized carbons (Fsp3) is 0.417. The van der Waals surface area contributed by atoms with E-state index in [1.165, 1.54) is 33.4 Å². The largest absolute Gasteiger partial charge is 0.103 e. The van der Waals surface area contributed by atoms with Gasteiger partial charge in [-0.25, -0.2) is 0 Å². The van der Waals surface area contributed by atoms with Gasteiger partial charge in [0.25, 0.3) is 0 Å². The second-order valence-corrected chi connectivity index (χ2v) is 8.83. The van der Waals surface area contributed by atoms with Crippen molar-refractivity contribution < 1.29 is 0 Å². The summed E-state index contributed by atoms with van der Waals surface area (Å²) in [5.41, 5.74) is 8.63. The Morgan fingerprint density at radius 1 is 0.917 bits per heavy atom. The van der Waals surface area contributed by atoms with Gasteiger partial charge in [-0.1, -0.05) is 84.0 Å². The number of benzene rings is 2. The average molecular weight is 321 g/mol. The molecule has 0 aliphatic rings. The van der Waals surface area contributed by atoms with E-state index >= 15 is 0 Å². The molecule has 0 bridgehead atoms. The Bertz CT molecular complexity index is 719. The third-order valence-corrected chi connectivity index (χ3v) is 4.63. The van der Waals surface area contributed by atoms with E-state index in [-0.39, 0.29) is 10.8 Å². The van der Waals surface area contributed by atoms with Crippen molar-refractivity contribution >= 4 is 0 Å². The van der Waals surface area contributed by atoms with Crippen LogP contribution in [-0.4, -0.2) is 0 Å². The lowest BCUT2D eigenvalue weighted by Crippen LogP contribution is -2.22. The van der Waals surface area contributed by atoms with Crippen LogP contribution in [0.25, 0.3) is 11.1 Å². The molecule has 0 heterocycles. The molecule has 0 saturated carbocycles. The minimum Gasteiger partial charge on any atom is -0.103 e. The Hall–Kier alpha value is -1.82. The average Bonchev–Trinajstić information content (AvgIpc) is 2.47. The summed E-state index contributed by atoms with van der Waals surface area (Å²) >= 11 is 0. The van der Waals surface area contributed by atoms with Crippen molar-refractivity contribution in [1.29, 1.82) is 0 Å². The molecule has 2 rings (SSSR count). The fourth-order valence-electron chi connectivity index (χ4n) is 3.59. The fourth-order valence-corrected chi connectivity index (χ4v) is 3.59. The Labute approximate surface area is 148 Å². The number of allylic oxidation sites excluding steroid dienone is 1. The summed E-state index contributed by atoms with van der Waals surface area (Å²) in [5.74, 6) is 0. The molecule has 24 heavy (non-hydrogen) atoms. The van der Waals surface area contributed by atoms with Crippen molar-refractivity contribution in [3.05, 3.63) is 71.3 Å². The number of hydrogen-bond acceptors (Lipinski definition) is 0. The van der Waals surface area contributed by atoms with Gasteiger partial charge in [0, 0.05) is 0 Å². The smallest absolute Gasteiger partial charge is 0.00943 e. The Balaban J connectivity index is 3.00. The highest BCUT2D eigenvalue weighted by molar-refractivity contribution is 5.76. The predicted octanol–water partition coefficient (Wildman–Crippen LogP) is 6.99. The van der Waals surface area contributed by atoms with Crippen molar-refractivity contribution in [2.45, 2.75) is 65.7 Å². The Morgan fingerprint density at radius 2 is 1.50 bits per heavy atom. The van der Waals surface area contributed by atoms with Crippen LogP contribution in [0.4, 0.5) is 0 Å². The van der Waals surface area contributed by atoms with Crippen molar-refractivity contribution in [3.63, 3.8) is 0 Å². The quantitative estimate of drug-likeness (QED) is 0.535. The molecule has 0 nitrogen and oxygen atoms in total. The van der Waals surface area contributed by atoms with E-state index < -0.39 is 0 Å². The number of hydrogen-bond donors (Lipinski definition) is 0. The van der Waals surface area contributed by atoms with E-state index in [0.717, 1.165) is 6.42 Å². The number of aryl methyl sites for hydroxylation is 1. The summed E-state index contributed by atoms with van der Waals surface area (Å²) in [7, 11) is 0. The molecule has 0 amide bonds. The molecule has 0 heteroatoms. The first-order chi connectivity index (χ1) is 11.1. The van der Waals surface area contributed by atoms with Crippen LogP contribution >= 0.6 is 0 Å². The van der Waals surface area contributed by atoms with Crippen LogP contribution in [0.3, 0.4) is 0 Å². The molecule has 2 aromatic rings. The van der Waals surface area contributed by atoms with Gasteiger partial charge < -0.3 is 0 Å². The van der Waals surface area contributed by atoms with Gasteiger partial charge >= 0.3 is 0 Å². The maximum Gasteiger partial charge on any atom is -0.00943 e. The maximum absolute atomic E-state index is 3.99. The minimum atomic E-state index is 0.0789. The molecule has 0 fully saturated rings. The molecule has 0 aliphatic carbocycles. The van der Waals surface area contributed by atoms with Gasteiger partial charge in [0.2, 0.25) is 0 Å². The van der Waals surface area contributed by atoms with E-state index in [4.69, 9.17) is 0 Å². The van der Waals surface area contributed by atoms with Crippen molar-refractivity contribution in [2.24, 2.45) is 0 Å². The van der Waals surface area contributed by atoms with E-state index in [1.807, 2.05) is 6.08 Å². The third-order valence-electron chi connectivity index (χ3n) is 4.63. The van der Waals surface area contributed by atoms with Crippen molar-refractivity contribution in [3.8, 4) is 11.1 Å². The van der Waals surface area contributed by atoms with Crippen LogP contribution in [-0.2, 0) is 17.3 Å². The first-order valence-corrected chi connectivity index (χ1v) is 8.91.